The second-order valence-electron chi connectivity index (χ2n) is 10.5. The number of rotatable bonds is 5. The monoisotopic (exact) mass is 507 g/mol. The van der Waals surface area contributed by atoms with Crippen LogP contribution < -0.4 is 15.0 Å². The fourth-order valence-corrected chi connectivity index (χ4v) is 5.30. The van der Waals surface area contributed by atoms with E-state index in [9.17, 15) is 4.79 Å². The zero-order valence-electron chi connectivity index (χ0n) is 22.4. The molecule has 38 heavy (non-hydrogen) atoms. The Bertz CT molecular complexity index is 1420. The van der Waals surface area contributed by atoms with E-state index in [4.69, 9.17) is 11.2 Å². The summed E-state index contributed by atoms with van der Waals surface area (Å²) in [6, 6.07) is 15.6. The summed E-state index contributed by atoms with van der Waals surface area (Å²) in [4.78, 5) is 26.8. The molecule has 3 aromatic rings. The van der Waals surface area contributed by atoms with Crippen LogP contribution in [-0.4, -0.2) is 53.2 Å². The van der Waals surface area contributed by atoms with Gasteiger partial charge in [-0.3, -0.25) is 0 Å². The Hall–Kier alpha value is -4.31. The summed E-state index contributed by atoms with van der Waals surface area (Å²) in [5, 5.41) is 3.17. The molecule has 2 aliphatic rings. The Kier molecular flexibility index (Phi) is 6.81. The van der Waals surface area contributed by atoms with Gasteiger partial charge in [-0.15, -0.1) is 6.42 Å². The van der Waals surface area contributed by atoms with Crippen LogP contribution in [0, 0.1) is 12.3 Å². The Labute approximate surface area is 224 Å². The normalized spacial score (nSPS) is 16.8. The van der Waals surface area contributed by atoms with Gasteiger partial charge in [-0.1, -0.05) is 30.2 Å². The van der Waals surface area contributed by atoms with Crippen molar-refractivity contribution in [2.24, 2.45) is 0 Å². The SMILES string of the molecule is C#Cc1ccc(C2=Cc3c(ncnc3N3CCN(C(=O)N[C@@H](C)c4cccc(OC)c4)C(C)(C)C3)C2)cc1. The van der Waals surface area contributed by atoms with E-state index in [1.165, 1.54) is 5.57 Å². The Balaban J connectivity index is 1.31. The van der Waals surface area contributed by atoms with Gasteiger partial charge < -0.3 is 19.9 Å². The van der Waals surface area contributed by atoms with Crippen LogP contribution in [0.25, 0.3) is 11.6 Å². The Morgan fingerprint density at radius 3 is 2.66 bits per heavy atom. The van der Waals surface area contributed by atoms with Gasteiger partial charge in [0.05, 0.1) is 24.4 Å². The third-order valence-electron chi connectivity index (χ3n) is 7.42. The van der Waals surface area contributed by atoms with Crippen LogP contribution in [0.5, 0.6) is 5.75 Å². The fraction of sp³-hybridized carbons (Fsp3) is 0.323. The number of ether oxygens (including phenoxy) is 1. The Morgan fingerprint density at radius 2 is 1.95 bits per heavy atom. The standard InChI is InChI=1S/C31H33N5O2/c1-6-22-10-12-23(13-11-22)25-17-27-28(18-25)32-20-33-29(27)35-14-15-36(31(3,4)19-35)30(37)34-21(2)24-8-7-9-26(16-24)38-5/h1,7-13,16-17,20-21H,14-15,18-19H2,2-5H3,(H,34,37)/t21-/m0/s1. The van der Waals surface area contributed by atoms with Gasteiger partial charge in [-0.2, -0.15) is 0 Å². The van der Waals surface area contributed by atoms with E-state index in [0.717, 1.165) is 45.9 Å². The van der Waals surface area contributed by atoms with Crippen LogP contribution in [-0.2, 0) is 6.42 Å². The molecule has 1 aliphatic heterocycles. The van der Waals surface area contributed by atoms with E-state index in [0.29, 0.717) is 19.6 Å². The van der Waals surface area contributed by atoms with Crippen molar-refractivity contribution in [1.82, 2.24) is 20.2 Å². The second-order valence-corrected chi connectivity index (χ2v) is 10.5. The fourth-order valence-electron chi connectivity index (χ4n) is 5.30. The topological polar surface area (TPSA) is 70.6 Å². The van der Waals surface area contributed by atoms with E-state index in [2.05, 4.69) is 58.2 Å². The quantitative estimate of drug-likeness (QED) is 0.496. The lowest BCUT2D eigenvalue weighted by molar-refractivity contribution is 0.121. The van der Waals surface area contributed by atoms with Crippen LogP contribution in [0.4, 0.5) is 10.6 Å². The molecular weight excluding hydrogens is 474 g/mol. The van der Waals surface area contributed by atoms with Gasteiger partial charge in [-0.05, 0) is 67.8 Å². The zero-order chi connectivity index (χ0) is 26.9. The van der Waals surface area contributed by atoms with Crippen molar-refractivity contribution in [2.45, 2.75) is 38.8 Å². The number of carbonyl (C=O) groups excluding carboxylic acids is 1. The molecule has 194 valence electrons. The zero-order valence-corrected chi connectivity index (χ0v) is 22.4. The van der Waals surface area contributed by atoms with Crippen molar-refractivity contribution in [2.75, 3.05) is 31.6 Å². The van der Waals surface area contributed by atoms with Crippen molar-refractivity contribution in [3.05, 3.63) is 82.8 Å². The number of urea groups is 1. The molecule has 0 saturated carbocycles. The lowest BCUT2D eigenvalue weighted by Gasteiger charge is -2.47. The van der Waals surface area contributed by atoms with Crippen molar-refractivity contribution in [3.8, 4) is 18.1 Å². The number of aromatic nitrogens is 2. The number of carbonyl (C=O) groups is 1. The molecule has 1 atom stereocenters. The molecule has 2 amide bonds. The molecule has 7 nitrogen and oxygen atoms in total. The third-order valence-corrected chi connectivity index (χ3v) is 7.42. The van der Waals surface area contributed by atoms with E-state index in [-0.39, 0.29) is 12.1 Å². The highest BCUT2D eigenvalue weighted by atomic mass is 16.5. The molecule has 1 aliphatic carbocycles. The van der Waals surface area contributed by atoms with Crippen LogP contribution >= 0.6 is 0 Å². The van der Waals surface area contributed by atoms with Gasteiger partial charge in [-0.25, -0.2) is 14.8 Å². The van der Waals surface area contributed by atoms with Gasteiger partial charge in [0.2, 0.25) is 0 Å². The molecule has 1 saturated heterocycles. The highest BCUT2D eigenvalue weighted by molar-refractivity contribution is 5.91. The largest absolute Gasteiger partial charge is 0.497 e. The summed E-state index contributed by atoms with van der Waals surface area (Å²) < 4.78 is 5.34. The van der Waals surface area contributed by atoms with Crippen LogP contribution in [0.1, 0.15) is 54.8 Å². The van der Waals surface area contributed by atoms with Gasteiger partial charge in [0.25, 0.3) is 0 Å². The van der Waals surface area contributed by atoms with E-state index in [1.807, 2.05) is 48.2 Å². The van der Waals surface area contributed by atoms with Crippen molar-refractivity contribution >= 4 is 23.5 Å². The molecular formula is C31H33N5O2. The molecule has 0 spiro atoms. The maximum Gasteiger partial charge on any atom is 0.318 e. The molecule has 5 rings (SSSR count). The van der Waals surface area contributed by atoms with Gasteiger partial charge >= 0.3 is 6.03 Å². The number of fused-ring (bicyclic) bond motifs is 1. The Morgan fingerprint density at radius 1 is 1.16 bits per heavy atom. The number of nitrogens with zero attached hydrogens (tertiary/aromatic N) is 4. The minimum atomic E-state index is -0.398. The first kappa shape index (κ1) is 25.3. The number of hydrogen-bond donors (Lipinski definition) is 1. The molecule has 1 N–H and O–H groups in total. The third kappa shape index (κ3) is 4.95. The second kappa shape index (κ2) is 10.2. The molecule has 2 heterocycles. The van der Waals surface area contributed by atoms with Gasteiger partial charge in [0.15, 0.2) is 0 Å². The smallest absolute Gasteiger partial charge is 0.318 e. The molecule has 7 heteroatoms. The summed E-state index contributed by atoms with van der Waals surface area (Å²) >= 11 is 0. The number of allylic oxidation sites excluding steroid dienone is 1. The molecule has 1 fully saturated rings. The van der Waals surface area contributed by atoms with Crippen LogP contribution in [0.2, 0.25) is 0 Å². The minimum Gasteiger partial charge on any atom is -0.497 e. The number of terminal acetylenes is 1. The highest BCUT2D eigenvalue weighted by Gasteiger charge is 2.38. The molecule has 0 unspecified atom stereocenters. The molecule has 0 bridgehead atoms. The van der Waals surface area contributed by atoms with Crippen LogP contribution in [0.3, 0.4) is 0 Å². The predicted octanol–water partition coefficient (Wildman–Crippen LogP) is 4.93. The number of anilines is 1. The van der Waals surface area contributed by atoms with Crippen LogP contribution in [0.15, 0.2) is 54.9 Å². The first-order valence-electron chi connectivity index (χ1n) is 12.9. The van der Waals surface area contributed by atoms with Crippen molar-refractivity contribution in [1.29, 1.82) is 0 Å². The number of benzene rings is 2. The average molecular weight is 508 g/mol. The summed E-state index contributed by atoms with van der Waals surface area (Å²) in [6.07, 6.45) is 10.1. The number of piperazine rings is 1. The first-order chi connectivity index (χ1) is 18.3. The van der Waals surface area contributed by atoms with Crippen molar-refractivity contribution in [3.63, 3.8) is 0 Å². The number of amides is 2. The number of nitrogens with one attached hydrogen (secondary N) is 1. The molecule has 0 radical (unpaired) electrons. The van der Waals surface area contributed by atoms with E-state index >= 15 is 0 Å². The number of hydrogen-bond acceptors (Lipinski definition) is 5. The summed E-state index contributed by atoms with van der Waals surface area (Å²) in [5.41, 5.74) is 5.90. The predicted molar refractivity (Wildman–Crippen MR) is 151 cm³/mol. The average Bonchev–Trinajstić information content (AvgIpc) is 3.37. The molecule has 2 aromatic carbocycles. The maximum atomic E-state index is 13.3. The van der Waals surface area contributed by atoms with E-state index in [1.54, 1.807) is 13.4 Å². The lowest BCUT2D eigenvalue weighted by Crippen LogP contribution is -2.63. The maximum absolute atomic E-state index is 13.3. The summed E-state index contributed by atoms with van der Waals surface area (Å²) in [7, 11) is 1.64. The van der Waals surface area contributed by atoms with Gasteiger partial charge in [0, 0.05) is 37.2 Å². The summed E-state index contributed by atoms with van der Waals surface area (Å²) in [6.45, 7) is 8.14. The number of methoxy groups -OCH3 is 1. The first-order valence-corrected chi connectivity index (χ1v) is 12.9. The molecule has 1 aromatic heterocycles. The van der Waals surface area contributed by atoms with E-state index < -0.39 is 5.54 Å². The minimum absolute atomic E-state index is 0.0736. The van der Waals surface area contributed by atoms with Gasteiger partial charge in [0.1, 0.15) is 17.9 Å². The summed E-state index contributed by atoms with van der Waals surface area (Å²) in [5.74, 6) is 4.36. The highest BCUT2D eigenvalue weighted by Crippen LogP contribution is 2.36. The van der Waals surface area contributed by atoms with Crippen molar-refractivity contribution < 1.29 is 9.53 Å². The lowest BCUT2D eigenvalue weighted by atomic mass is 9.98.